The summed E-state index contributed by atoms with van der Waals surface area (Å²) in [5.74, 6) is 0.900. The topological polar surface area (TPSA) is 14.2 Å². The maximum Gasteiger partial charge on any atom is 0.178 e. The first-order valence-electron chi connectivity index (χ1n) is 13.1. The van der Waals surface area contributed by atoms with E-state index in [1.165, 1.54) is 43.4 Å². The van der Waals surface area contributed by atoms with Crippen LogP contribution in [0.2, 0.25) is 0 Å². The summed E-state index contributed by atoms with van der Waals surface area (Å²) in [7, 11) is 2.16. The maximum absolute atomic E-state index is 7.06. The lowest BCUT2D eigenvalue weighted by atomic mass is 9.83. The van der Waals surface area contributed by atoms with Gasteiger partial charge in [0.1, 0.15) is 5.75 Å². The van der Waals surface area contributed by atoms with Gasteiger partial charge in [-0.25, -0.2) is 0 Å². The third-order valence-electron chi connectivity index (χ3n) is 8.20. The highest BCUT2D eigenvalue weighted by Gasteiger charge is 2.37. The van der Waals surface area contributed by atoms with Crippen LogP contribution < -0.4 is 4.74 Å². The Morgan fingerprint density at radius 1 is 0.553 bits per heavy atom. The van der Waals surface area contributed by atoms with Gasteiger partial charge in [0, 0.05) is 56.3 Å². The first kappa shape index (κ1) is 21.3. The van der Waals surface area contributed by atoms with Crippen LogP contribution >= 0.6 is 0 Å². The summed E-state index contributed by atoms with van der Waals surface area (Å²) in [6.07, 6.45) is 4.52. The Morgan fingerprint density at radius 3 is 1.89 bits per heavy atom. The first-order chi connectivity index (χ1) is 18.7. The fraction of sp³-hybridized carbons (Fsp3) is 0.0556. The first-order valence-corrected chi connectivity index (χ1v) is 13.1. The zero-order valence-corrected chi connectivity index (χ0v) is 21.1. The van der Waals surface area contributed by atoms with Crippen molar-refractivity contribution in [2.24, 2.45) is 7.05 Å². The van der Waals surface area contributed by atoms with E-state index < -0.39 is 5.60 Å². The lowest BCUT2D eigenvalue weighted by molar-refractivity contribution is 0.161. The second-order valence-corrected chi connectivity index (χ2v) is 10.2. The Kier molecular flexibility index (Phi) is 4.39. The molecule has 0 aliphatic carbocycles. The van der Waals surface area contributed by atoms with E-state index in [0.29, 0.717) is 0 Å². The number of benzene rings is 6. The molecule has 1 aliphatic heterocycles. The normalized spacial score (nSPS) is 14.2. The molecule has 2 heteroatoms. The second kappa shape index (κ2) is 7.84. The molecule has 0 saturated heterocycles. The Balaban J connectivity index is 1.48. The zero-order valence-electron chi connectivity index (χ0n) is 21.1. The number of hydrogen-bond acceptors (Lipinski definition) is 1. The predicted molar refractivity (Wildman–Crippen MR) is 159 cm³/mol. The van der Waals surface area contributed by atoms with Crippen LogP contribution in [0.15, 0.2) is 127 Å². The van der Waals surface area contributed by atoms with Crippen molar-refractivity contribution in [3.05, 3.63) is 144 Å². The van der Waals surface area contributed by atoms with Crippen molar-refractivity contribution >= 4 is 49.4 Å². The number of nitrogens with zero attached hydrogens (tertiary/aromatic N) is 1. The third kappa shape index (κ3) is 2.83. The van der Waals surface area contributed by atoms with E-state index in [2.05, 4.69) is 145 Å². The van der Waals surface area contributed by atoms with Crippen LogP contribution in [0, 0.1) is 0 Å². The minimum absolute atomic E-state index is 0.692. The largest absolute Gasteiger partial charge is 0.473 e. The summed E-state index contributed by atoms with van der Waals surface area (Å²) in [6, 6.07) is 43.1. The molecule has 1 aromatic heterocycles. The maximum atomic E-state index is 7.06. The van der Waals surface area contributed by atoms with Crippen molar-refractivity contribution in [2.45, 2.75) is 5.60 Å². The average Bonchev–Trinajstić information content (AvgIpc) is 3.29. The van der Waals surface area contributed by atoms with Gasteiger partial charge in [-0.2, -0.15) is 0 Å². The molecule has 7 aromatic rings. The molecule has 8 rings (SSSR count). The van der Waals surface area contributed by atoms with Crippen LogP contribution in [0.25, 0.3) is 49.4 Å². The molecular weight excluding hydrogens is 462 g/mol. The molecule has 6 aromatic carbocycles. The smallest absolute Gasteiger partial charge is 0.178 e. The molecule has 2 heterocycles. The molecule has 0 spiro atoms. The van der Waals surface area contributed by atoms with Crippen LogP contribution in [0.4, 0.5) is 0 Å². The molecule has 2 nitrogen and oxygen atoms in total. The Labute approximate surface area is 221 Å². The minimum Gasteiger partial charge on any atom is -0.473 e. The Bertz CT molecular complexity index is 2010. The van der Waals surface area contributed by atoms with Crippen molar-refractivity contribution in [1.29, 1.82) is 0 Å². The molecule has 38 heavy (non-hydrogen) atoms. The van der Waals surface area contributed by atoms with E-state index in [9.17, 15) is 0 Å². The molecular formula is C36H25NO. The zero-order chi connectivity index (χ0) is 25.3. The van der Waals surface area contributed by atoms with E-state index >= 15 is 0 Å². The van der Waals surface area contributed by atoms with E-state index in [1.54, 1.807) is 0 Å². The van der Waals surface area contributed by atoms with Crippen molar-refractivity contribution in [2.75, 3.05) is 0 Å². The number of para-hydroxylation sites is 1. The lowest BCUT2D eigenvalue weighted by Gasteiger charge is -2.36. The summed E-state index contributed by atoms with van der Waals surface area (Å²) in [5, 5.41) is 7.57. The van der Waals surface area contributed by atoms with Gasteiger partial charge >= 0.3 is 0 Å². The SMILES string of the molecule is Cn1c2ccccc2c2c3c(ccc4ccc5c(c43)C=CC(c3ccccc3)(c3ccccc3)O5)ccc21. The summed E-state index contributed by atoms with van der Waals surface area (Å²) >= 11 is 0. The van der Waals surface area contributed by atoms with Crippen LogP contribution in [-0.4, -0.2) is 4.57 Å². The Hall–Kier alpha value is -4.82. The highest BCUT2D eigenvalue weighted by molar-refractivity contribution is 6.29. The van der Waals surface area contributed by atoms with E-state index in [1.807, 2.05) is 0 Å². The quantitative estimate of drug-likeness (QED) is 0.222. The van der Waals surface area contributed by atoms with Gasteiger partial charge in [0.05, 0.1) is 0 Å². The summed E-state index contributed by atoms with van der Waals surface area (Å²) in [6.45, 7) is 0. The van der Waals surface area contributed by atoms with Crippen LogP contribution in [0.5, 0.6) is 5.75 Å². The van der Waals surface area contributed by atoms with E-state index in [4.69, 9.17) is 4.74 Å². The number of aromatic nitrogens is 1. The molecule has 0 radical (unpaired) electrons. The molecule has 0 saturated carbocycles. The fourth-order valence-corrected chi connectivity index (χ4v) is 6.40. The van der Waals surface area contributed by atoms with Crippen molar-refractivity contribution < 1.29 is 4.74 Å². The molecule has 0 atom stereocenters. The summed E-state index contributed by atoms with van der Waals surface area (Å²) in [4.78, 5) is 0. The molecule has 0 fully saturated rings. The molecule has 0 unspecified atom stereocenters. The molecule has 1 aliphatic rings. The fourth-order valence-electron chi connectivity index (χ4n) is 6.40. The van der Waals surface area contributed by atoms with Crippen LogP contribution in [-0.2, 0) is 12.6 Å². The summed E-state index contributed by atoms with van der Waals surface area (Å²) in [5.41, 5.74) is 5.16. The van der Waals surface area contributed by atoms with Crippen LogP contribution in [0.1, 0.15) is 16.7 Å². The standard InChI is InChI=1S/C36H25NO/c1-37-30-15-9-8-14-28(30)35-31(37)20-18-25-17-16-24-19-21-32-29(33(24)34(25)35)22-23-36(38-32,26-10-4-2-5-11-26)27-12-6-3-7-13-27/h2-23H,1H3. The highest BCUT2D eigenvalue weighted by Crippen LogP contribution is 2.47. The number of ether oxygens (including phenoxy) is 1. The molecule has 0 bridgehead atoms. The second-order valence-electron chi connectivity index (χ2n) is 10.2. The predicted octanol–water partition coefficient (Wildman–Crippen LogP) is 8.99. The van der Waals surface area contributed by atoms with Gasteiger partial charge in [0.15, 0.2) is 5.60 Å². The monoisotopic (exact) mass is 487 g/mol. The number of rotatable bonds is 2. The van der Waals surface area contributed by atoms with Crippen molar-refractivity contribution in [3.63, 3.8) is 0 Å². The van der Waals surface area contributed by atoms with E-state index in [-0.39, 0.29) is 0 Å². The average molecular weight is 488 g/mol. The lowest BCUT2D eigenvalue weighted by Crippen LogP contribution is -2.34. The number of aryl methyl sites for hydroxylation is 1. The van der Waals surface area contributed by atoms with Gasteiger partial charge < -0.3 is 9.30 Å². The van der Waals surface area contributed by atoms with Gasteiger partial charge in [-0.15, -0.1) is 0 Å². The Morgan fingerprint density at radius 2 is 1.16 bits per heavy atom. The number of hydrogen-bond donors (Lipinski definition) is 0. The van der Waals surface area contributed by atoms with Crippen LogP contribution in [0.3, 0.4) is 0 Å². The van der Waals surface area contributed by atoms with Crippen molar-refractivity contribution in [1.82, 2.24) is 4.57 Å². The third-order valence-corrected chi connectivity index (χ3v) is 8.20. The van der Waals surface area contributed by atoms with Gasteiger partial charge in [0.25, 0.3) is 0 Å². The van der Waals surface area contributed by atoms with Gasteiger partial charge in [-0.1, -0.05) is 103 Å². The van der Waals surface area contributed by atoms with Crippen molar-refractivity contribution in [3.8, 4) is 5.75 Å². The highest BCUT2D eigenvalue weighted by atomic mass is 16.5. The minimum atomic E-state index is -0.692. The molecule has 180 valence electrons. The van der Waals surface area contributed by atoms with Gasteiger partial charge in [-0.05, 0) is 41.1 Å². The molecule has 0 amide bonds. The summed E-state index contributed by atoms with van der Waals surface area (Å²) < 4.78 is 9.37. The molecule has 0 N–H and O–H groups in total. The number of fused-ring (bicyclic) bond motifs is 9. The van der Waals surface area contributed by atoms with Gasteiger partial charge in [0.2, 0.25) is 0 Å². The van der Waals surface area contributed by atoms with E-state index in [0.717, 1.165) is 22.4 Å². The van der Waals surface area contributed by atoms with Gasteiger partial charge in [-0.3, -0.25) is 0 Å².